The Labute approximate surface area is 175 Å². The first-order valence-electron chi connectivity index (χ1n) is 9.42. The van der Waals surface area contributed by atoms with E-state index in [-0.39, 0.29) is 17.2 Å². The fourth-order valence-electron chi connectivity index (χ4n) is 2.66. The van der Waals surface area contributed by atoms with Gasteiger partial charge in [0, 0.05) is 6.07 Å². The predicted molar refractivity (Wildman–Crippen MR) is 112 cm³/mol. The van der Waals surface area contributed by atoms with E-state index in [1.54, 1.807) is 36.4 Å². The van der Waals surface area contributed by atoms with Gasteiger partial charge in [0.1, 0.15) is 11.5 Å². The van der Waals surface area contributed by atoms with E-state index in [9.17, 15) is 9.59 Å². The number of benzene rings is 3. The number of methoxy groups -OCH3 is 1. The van der Waals surface area contributed by atoms with E-state index >= 15 is 0 Å². The van der Waals surface area contributed by atoms with Gasteiger partial charge in [-0.3, -0.25) is 0 Å². The number of rotatable bonds is 7. The molecule has 0 radical (unpaired) electrons. The number of hydrogen-bond acceptors (Lipinski definition) is 6. The summed E-state index contributed by atoms with van der Waals surface area (Å²) in [6, 6.07) is 18.3. The van der Waals surface area contributed by atoms with Crippen molar-refractivity contribution in [1.82, 2.24) is 0 Å². The molecule has 0 unspecified atom stereocenters. The van der Waals surface area contributed by atoms with Crippen LogP contribution in [0.1, 0.15) is 33.2 Å². The Bertz CT molecular complexity index is 1020. The van der Waals surface area contributed by atoms with Crippen LogP contribution in [-0.2, 0) is 0 Å². The van der Waals surface area contributed by atoms with Gasteiger partial charge in [0.2, 0.25) is 0 Å². The lowest BCUT2D eigenvalue weighted by atomic mass is 10.1. The average Bonchev–Trinajstić information content (AvgIpc) is 2.76. The van der Waals surface area contributed by atoms with Crippen LogP contribution in [0.4, 0.5) is 0 Å². The minimum atomic E-state index is -0.541. The maximum Gasteiger partial charge on any atom is 0.343 e. The van der Waals surface area contributed by atoms with Crippen LogP contribution in [0.2, 0.25) is 0 Å². The zero-order valence-corrected chi connectivity index (χ0v) is 17.0. The number of carbonyl (C=O) groups is 2. The van der Waals surface area contributed by atoms with Crippen molar-refractivity contribution in [2.45, 2.75) is 13.8 Å². The van der Waals surface area contributed by atoms with E-state index in [1.807, 2.05) is 26.0 Å². The number of hydrogen-bond donors (Lipinski definition) is 0. The van der Waals surface area contributed by atoms with Gasteiger partial charge in [-0.15, -0.1) is 0 Å². The Kier molecular flexibility index (Phi) is 6.70. The first-order valence-corrected chi connectivity index (χ1v) is 9.42. The molecular weight excluding hydrogens is 384 g/mol. The third-order valence-corrected chi connectivity index (χ3v) is 4.24. The second kappa shape index (κ2) is 9.60. The molecule has 0 fully saturated rings. The molecular formula is C24H22O6. The second-order valence-corrected chi connectivity index (χ2v) is 6.42. The number of ether oxygens (including phenoxy) is 4. The first kappa shape index (κ1) is 20.9. The monoisotopic (exact) mass is 406 g/mol. The van der Waals surface area contributed by atoms with Gasteiger partial charge < -0.3 is 18.9 Å². The van der Waals surface area contributed by atoms with Gasteiger partial charge in [0.15, 0.2) is 11.5 Å². The molecule has 0 heterocycles. The quantitative estimate of drug-likeness (QED) is 0.413. The van der Waals surface area contributed by atoms with Crippen molar-refractivity contribution in [1.29, 1.82) is 0 Å². The fourth-order valence-corrected chi connectivity index (χ4v) is 2.66. The lowest BCUT2D eigenvalue weighted by molar-refractivity contribution is 0.0715. The Morgan fingerprint density at radius 1 is 0.733 bits per heavy atom. The smallest absolute Gasteiger partial charge is 0.343 e. The largest absolute Gasteiger partial charge is 0.494 e. The van der Waals surface area contributed by atoms with E-state index in [0.29, 0.717) is 23.5 Å². The summed E-state index contributed by atoms with van der Waals surface area (Å²) in [6.45, 7) is 4.37. The minimum absolute atomic E-state index is 0.214. The van der Waals surface area contributed by atoms with Gasteiger partial charge in [0.05, 0.1) is 24.8 Å². The maximum absolute atomic E-state index is 12.4. The zero-order chi connectivity index (χ0) is 21.5. The van der Waals surface area contributed by atoms with Crippen molar-refractivity contribution in [3.05, 3.63) is 83.4 Å². The molecule has 30 heavy (non-hydrogen) atoms. The Balaban J connectivity index is 1.71. The summed E-state index contributed by atoms with van der Waals surface area (Å²) in [6.07, 6.45) is 0. The number of esters is 2. The molecule has 0 aliphatic rings. The highest BCUT2D eigenvalue weighted by atomic mass is 16.6. The SMILES string of the molecule is CCOc1ccc(C(=O)Oc2ccc(OC(=O)c3ccc(C)cc3)cc2OC)cc1. The molecule has 154 valence electrons. The molecule has 3 aromatic carbocycles. The van der Waals surface area contributed by atoms with Crippen molar-refractivity contribution in [2.75, 3.05) is 13.7 Å². The van der Waals surface area contributed by atoms with E-state index in [2.05, 4.69) is 0 Å². The van der Waals surface area contributed by atoms with Crippen molar-refractivity contribution in [3.8, 4) is 23.0 Å². The standard InChI is InChI=1S/C24H22O6/c1-4-28-19-11-9-18(10-12-19)24(26)30-21-14-13-20(15-22(21)27-3)29-23(25)17-7-5-16(2)6-8-17/h5-15H,4H2,1-3H3. The van der Waals surface area contributed by atoms with Crippen LogP contribution < -0.4 is 18.9 Å². The molecule has 0 saturated heterocycles. The molecule has 0 N–H and O–H groups in total. The molecule has 3 aromatic rings. The van der Waals surface area contributed by atoms with Crippen molar-refractivity contribution < 1.29 is 28.5 Å². The lowest BCUT2D eigenvalue weighted by Crippen LogP contribution is -2.10. The summed E-state index contributed by atoms with van der Waals surface area (Å²) >= 11 is 0. The molecule has 0 amide bonds. The van der Waals surface area contributed by atoms with Gasteiger partial charge in [-0.25, -0.2) is 9.59 Å². The van der Waals surface area contributed by atoms with E-state index < -0.39 is 11.9 Å². The normalized spacial score (nSPS) is 10.2. The highest BCUT2D eigenvalue weighted by molar-refractivity contribution is 5.92. The maximum atomic E-state index is 12.4. The summed E-state index contributed by atoms with van der Waals surface area (Å²) in [5.74, 6) is 0.400. The highest BCUT2D eigenvalue weighted by Gasteiger charge is 2.15. The van der Waals surface area contributed by atoms with Crippen LogP contribution in [0.15, 0.2) is 66.7 Å². The van der Waals surface area contributed by atoms with Crippen molar-refractivity contribution in [2.24, 2.45) is 0 Å². The molecule has 6 nitrogen and oxygen atoms in total. The average molecular weight is 406 g/mol. The van der Waals surface area contributed by atoms with Crippen molar-refractivity contribution >= 4 is 11.9 Å². The fraction of sp³-hybridized carbons (Fsp3) is 0.167. The third kappa shape index (κ3) is 5.17. The van der Waals surface area contributed by atoms with Gasteiger partial charge in [-0.1, -0.05) is 17.7 Å². The zero-order valence-electron chi connectivity index (χ0n) is 17.0. The molecule has 3 rings (SSSR count). The molecule has 0 aliphatic heterocycles. The molecule has 0 bridgehead atoms. The lowest BCUT2D eigenvalue weighted by Gasteiger charge is -2.12. The topological polar surface area (TPSA) is 71.1 Å². The molecule has 0 atom stereocenters. The predicted octanol–water partition coefficient (Wildman–Crippen LogP) is 4.84. The van der Waals surface area contributed by atoms with E-state index in [1.165, 1.54) is 25.3 Å². The van der Waals surface area contributed by atoms with Gasteiger partial charge in [-0.2, -0.15) is 0 Å². The number of carbonyl (C=O) groups excluding carboxylic acids is 2. The van der Waals surface area contributed by atoms with Gasteiger partial charge >= 0.3 is 11.9 Å². The second-order valence-electron chi connectivity index (χ2n) is 6.42. The van der Waals surface area contributed by atoms with Gasteiger partial charge in [-0.05, 0) is 62.4 Å². The molecule has 0 aromatic heterocycles. The highest BCUT2D eigenvalue weighted by Crippen LogP contribution is 2.32. The summed E-state index contributed by atoms with van der Waals surface area (Å²) in [7, 11) is 1.44. The summed E-state index contributed by atoms with van der Waals surface area (Å²) in [4.78, 5) is 24.7. The van der Waals surface area contributed by atoms with Crippen LogP contribution in [-0.4, -0.2) is 25.7 Å². The van der Waals surface area contributed by atoms with E-state index in [4.69, 9.17) is 18.9 Å². The van der Waals surface area contributed by atoms with Crippen LogP contribution >= 0.6 is 0 Å². The third-order valence-electron chi connectivity index (χ3n) is 4.24. The van der Waals surface area contributed by atoms with Crippen LogP contribution in [0, 0.1) is 6.92 Å². The van der Waals surface area contributed by atoms with Crippen LogP contribution in [0.5, 0.6) is 23.0 Å². The van der Waals surface area contributed by atoms with Gasteiger partial charge in [0.25, 0.3) is 0 Å². The summed E-state index contributed by atoms with van der Waals surface area (Å²) in [5.41, 5.74) is 1.85. The first-order chi connectivity index (χ1) is 14.5. The minimum Gasteiger partial charge on any atom is -0.494 e. The summed E-state index contributed by atoms with van der Waals surface area (Å²) < 4.78 is 21.5. The number of aryl methyl sites for hydroxylation is 1. The van der Waals surface area contributed by atoms with E-state index in [0.717, 1.165) is 5.56 Å². The molecule has 0 saturated carbocycles. The summed E-state index contributed by atoms with van der Waals surface area (Å²) in [5, 5.41) is 0. The molecule has 0 aliphatic carbocycles. The Morgan fingerprint density at radius 2 is 1.30 bits per heavy atom. The Hall–Kier alpha value is -3.80. The van der Waals surface area contributed by atoms with Crippen LogP contribution in [0.3, 0.4) is 0 Å². The van der Waals surface area contributed by atoms with Crippen molar-refractivity contribution in [3.63, 3.8) is 0 Å². The van der Waals surface area contributed by atoms with Crippen LogP contribution in [0.25, 0.3) is 0 Å². The molecule has 0 spiro atoms. The molecule has 6 heteroatoms. The Morgan fingerprint density at radius 3 is 1.90 bits per heavy atom.